The molecule has 0 aliphatic heterocycles. The molecule has 0 spiro atoms. The van der Waals surface area contributed by atoms with Gasteiger partial charge < -0.3 is 5.11 Å². The highest BCUT2D eigenvalue weighted by atomic mass is 16.3. The SMILES string of the molecule is CC=CC(=O)C1=C(C)C(O)=CCC1(C)C. The van der Waals surface area contributed by atoms with Crippen molar-refractivity contribution in [3.8, 4) is 0 Å². The molecule has 1 N–H and O–H groups in total. The number of aliphatic hydroxyl groups is 1. The van der Waals surface area contributed by atoms with E-state index in [1.165, 1.54) is 0 Å². The molecule has 15 heavy (non-hydrogen) atoms. The number of hydrogen-bond acceptors (Lipinski definition) is 2. The van der Waals surface area contributed by atoms with Gasteiger partial charge in [-0.15, -0.1) is 0 Å². The predicted molar refractivity (Wildman–Crippen MR) is 61.6 cm³/mol. The fourth-order valence-corrected chi connectivity index (χ4v) is 2.00. The first kappa shape index (κ1) is 11.8. The summed E-state index contributed by atoms with van der Waals surface area (Å²) in [6.45, 7) is 7.66. The lowest BCUT2D eigenvalue weighted by molar-refractivity contribution is -0.112. The molecule has 0 bridgehead atoms. The topological polar surface area (TPSA) is 37.3 Å². The quantitative estimate of drug-likeness (QED) is 0.704. The van der Waals surface area contributed by atoms with Crippen LogP contribution >= 0.6 is 0 Å². The van der Waals surface area contributed by atoms with Crippen LogP contribution in [0, 0.1) is 5.41 Å². The third-order valence-corrected chi connectivity index (χ3v) is 2.81. The zero-order valence-corrected chi connectivity index (χ0v) is 9.79. The molecule has 0 saturated carbocycles. The number of carbonyl (C=O) groups excluding carboxylic acids is 1. The average molecular weight is 206 g/mol. The van der Waals surface area contributed by atoms with Crippen molar-refractivity contribution in [1.82, 2.24) is 0 Å². The minimum absolute atomic E-state index is 0.000324. The Bertz CT molecular complexity index is 368. The lowest BCUT2D eigenvalue weighted by atomic mass is 9.73. The van der Waals surface area contributed by atoms with Gasteiger partial charge in [-0.05, 0) is 43.4 Å². The van der Waals surface area contributed by atoms with E-state index >= 15 is 0 Å². The standard InChI is InChI=1S/C13H18O2/c1-5-6-11(15)12-9(2)10(14)7-8-13(12,3)4/h5-7,14H,8H2,1-4H3. The maximum atomic E-state index is 11.9. The lowest BCUT2D eigenvalue weighted by Crippen LogP contribution is -2.24. The third kappa shape index (κ3) is 2.20. The van der Waals surface area contributed by atoms with Crippen molar-refractivity contribution >= 4 is 5.78 Å². The molecule has 1 aliphatic carbocycles. The first-order valence-corrected chi connectivity index (χ1v) is 5.18. The van der Waals surface area contributed by atoms with Crippen LogP contribution in [0.2, 0.25) is 0 Å². The van der Waals surface area contributed by atoms with Crippen molar-refractivity contribution in [2.45, 2.75) is 34.1 Å². The molecule has 0 unspecified atom stereocenters. The van der Waals surface area contributed by atoms with Gasteiger partial charge in [0.25, 0.3) is 0 Å². The van der Waals surface area contributed by atoms with Crippen molar-refractivity contribution in [2.75, 3.05) is 0 Å². The van der Waals surface area contributed by atoms with Gasteiger partial charge in [-0.1, -0.05) is 19.9 Å². The van der Waals surface area contributed by atoms with Crippen molar-refractivity contribution in [3.63, 3.8) is 0 Å². The van der Waals surface area contributed by atoms with Crippen molar-refractivity contribution < 1.29 is 9.90 Å². The van der Waals surface area contributed by atoms with E-state index in [-0.39, 0.29) is 17.0 Å². The third-order valence-electron chi connectivity index (χ3n) is 2.81. The van der Waals surface area contributed by atoms with Gasteiger partial charge in [-0.25, -0.2) is 0 Å². The normalized spacial score (nSPS) is 20.7. The molecule has 0 heterocycles. The van der Waals surface area contributed by atoms with Gasteiger partial charge in [0.05, 0.1) is 0 Å². The van der Waals surface area contributed by atoms with E-state index < -0.39 is 0 Å². The number of ketones is 1. The Kier molecular flexibility index (Phi) is 3.18. The molecule has 0 fully saturated rings. The highest BCUT2D eigenvalue weighted by Gasteiger charge is 2.32. The second-order valence-corrected chi connectivity index (χ2v) is 4.54. The summed E-state index contributed by atoms with van der Waals surface area (Å²) in [5.74, 6) is 0.238. The summed E-state index contributed by atoms with van der Waals surface area (Å²) >= 11 is 0. The van der Waals surface area contributed by atoms with Crippen LogP contribution < -0.4 is 0 Å². The van der Waals surface area contributed by atoms with E-state index in [0.29, 0.717) is 12.0 Å². The van der Waals surface area contributed by atoms with Crippen LogP contribution in [0.3, 0.4) is 0 Å². The van der Waals surface area contributed by atoms with Crippen LogP contribution in [-0.2, 0) is 4.79 Å². The van der Waals surface area contributed by atoms with Gasteiger partial charge in [0.15, 0.2) is 5.78 Å². The Labute approximate surface area is 91.0 Å². The van der Waals surface area contributed by atoms with E-state index in [2.05, 4.69) is 0 Å². The molecule has 1 aliphatic rings. The molecule has 2 heteroatoms. The van der Waals surface area contributed by atoms with Gasteiger partial charge in [-0.2, -0.15) is 0 Å². The van der Waals surface area contributed by atoms with Crippen LogP contribution in [0.15, 0.2) is 35.1 Å². The summed E-state index contributed by atoms with van der Waals surface area (Å²) in [6, 6.07) is 0. The minimum atomic E-state index is -0.188. The van der Waals surface area contributed by atoms with Gasteiger partial charge in [0.1, 0.15) is 5.76 Å². The Hall–Kier alpha value is -1.31. The minimum Gasteiger partial charge on any atom is -0.508 e. The van der Waals surface area contributed by atoms with Crippen LogP contribution in [0.25, 0.3) is 0 Å². The van der Waals surface area contributed by atoms with Crippen molar-refractivity contribution in [1.29, 1.82) is 0 Å². The molecule has 1 rings (SSSR count). The molecule has 0 radical (unpaired) electrons. The summed E-state index contributed by atoms with van der Waals surface area (Å²) in [7, 11) is 0. The van der Waals surface area contributed by atoms with Crippen molar-refractivity contribution in [3.05, 3.63) is 35.1 Å². The van der Waals surface area contributed by atoms with E-state index in [1.807, 2.05) is 20.8 Å². The van der Waals surface area contributed by atoms with E-state index in [0.717, 1.165) is 5.57 Å². The smallest absolute Gasteiger partial charge is 0.182 e. The number of allylic oxidation sites excluding steroid dienone is 5. The van der Waals surface area contributed by atoms with Gasteiger partial charge in [0.2, 0.25) is 0 Å². The Morgan fingerprint density at radius 1 is 1.53 bits per heavy atom. The largest absolute Gasteiger partial charge is 0.508 e. The van der Waals surface area contributed by atoms with Gasteiger partial charge in [-0.3, -0.25) is 4.79 Å². The molecule has 0 aromatic heterocycles. The molecule has 82 valence electrons. The first-order chi connectivity index (χ1) is 6.90. The predicted octanol–water partition coefficient (Wildman–Crippen LogP) is 3.32. The summed E-state index contributed by atoms with van der Waals surface area (Å²) in [5.41, 5.74) is 1.24. The maximum absolute atomic E-state index is 11.9. The molecule has 0 aromatic carbocycles. The van der Waals surface area contributed by atoms with Crippen LogP contribution in [0.4, 0.5) is 0 Å². The highest BCUT2D eigenvalue weighted by Crippen LogP contribution is 2.39. The highest BCUT2D eigenvalue weighted by molar-refractivity contribution is 6.06. The van der Waals surface area contributed by atoms with Crippen LogP contribution in [-0.4, -0.2) is 10.9 Å². The fourth-order valence-electron chi connectivity index (χ4n) is 2.00. The van der Waals surface area contributed by atoms with Gasteiger partial charge in [0, 0.05) is 5.57 Å². The maximum Gasteiger partial charge on any atom is 0.182 e. The summed E-state index contributed by atoms with van der Waals surface area (Å²) in [6.07, 6.45) is 5.77. The van der Waals surface area contributed by atoms with Crippen LogP contribution in [0.5, 0.6) is 0 Å². The number of aliphatic hydroxyl groups excluding tert-OH is 1. The van der Waals surface area contributed by atoms with Gasteiger partial charge >= 0.3 is 0 Å². The summed E-state index contributed by atoms with van der Waals surface area (Å²) < 4.78 is 0. The summed E-state index contributed by atoms with van der Waals surface area (Å²) in [4.78, 5) is 11.9. The Morgan fingerprint density at radius 3 is 2.67 bits per heavy atom. The fraction of sp³-hybridized carbons (Fsp3) is 0.462. The van der Waals surface area contributed by atoms with Crippen LogP contribution in [0.1, 0.15) is 34.1 Å². The summed E-state index contributed by atoms with van der Waals surface area (Å²) in [5, 5.41) is 9.62. The number of carbonyl (C=O) groups is 1. The second-order valence-electron chi connectivity index (χ2n) is 4.54. The average Bonchev–Trinajstić information content (AvgIpc) is 2.12. The first-order valence-electron chi connectivity index (χ1n) is 5.18. The number of rotatable bonds is 2. The molecular weight excluding hydrogens is 188 g/mol. The molecule has 0 saturated heterocycles. The zero-order valence-electron chi connectivity index (χ0n) is 9.79. The van der Waals surface area contributed by atoms with E-state index in [1.54, 1.807) is 25.2 Å². The van der Waals surface area contributed by atoms with E-state index in [9.17, 15) is 9.90 Å². The molecule has 0 amide bonds. The molecular formula is C13H18O2. The lowest BCUT2D eigenvalue weighted by Gasteiger charge is -2.30. The Balaban J connectivity index is 3.24. The second kappa shape index (κ2) is 4.05. The molecule has 2 nitrogen and oxygen atoms in total. The van der Waals surface area contributed by atoms with E-state index in [4.69, 9.17) is 0 Å². The van der Waals surface area contributed by atoms with Crippen molar-refractivity contribution in [2.24, 2.45) is 5.41 Å². The monoisotopic (exact) mass is 206 g/mol. The zero-order chi connectivity index (χ0) is 11.6. The Morgan fingerprint density at radius 2 is 2.13 bits per heavy atom. The molecule has 0 aromatic rings. The number of hydrogen-bond donors (Lipinski definition) is 1. The molecule has 0 atom stereocenters.